The third-order valence-corrected chi connectivity index (χ3v) is 7.19. The average molecular weight is 489 g/mol. The molecule has 0 radical (unpaired) electrons. The van der Waals surface area contributed by atoms with Gasteiger partial charge in [0, 0.05) is 25.0 Å². The van der Waals surface area contributed by atoms with Crippen LogP contribution < -0.4 is 5.32 Å². The molecule has 1 amide bonds. The van der Waals surface area contributed by atoms with Crippen molar-refractivity contribution < 1.29 is 13.6 Å². The normalized spacial score (nSPS) is 15.8. The van der Waals surface area contributed by atoms with Crippen LogP contribution in [0.5, 0.6) is 0 Å². The van der Waals surface area contributed by atoms with Crippen LogP contribution in [0.1, 0.15) is 40.5 Å². The summed E-state index contributed by atoms with van der Waals surface area (Å²) in [7, 11) is 1.80. The summed E-state index contributed by atoms with van der Waals surface area (Å²) in [5.74, 6) is -0.229. The lowest BCUT2D eigenvalue weighted by molar-refractivity contribution is 0.0915. The number of rotatable bonds is 7. The standard InChI is InChI=1S/C29H30F2N4O/c1-34-28(25-4-2-3-5-26(25)33-34)29(36)32-19-21-14-16-35(17-15-21)27(22-8-12-24(31)13-9-22)18-20-6-10-23(30)11-7-20/h2-13,21,27H,14-19H2,1H3,(H,32,36). The number of likely N-dealkylation sites (tertiary alicyclic amines) is 1. The topological polar surface area (TPSA) is 50.2 Å². The molecule has 7 heteroatoms. The number of hydrogen-bond acceptors (Lipinski definition) is 3. The number of nitrogens with one attached hydrogen (secondary N) is 1. The fraction of sp³-hybridized carbons (Fsp3) is 0.310. The Hall–Kier alpha value is -3.58. The highest BCUT2D eigenvalue weighted by Gasteiger charge is 2.27. The van der Waals surface area contributed by atoms with Gasteiger partial charge in [-0.3, -0.25) is 14.4 Å². The fourth-order valence-corrected chi connectivity index (χ4v) is 5.19. The van der Waals surface area contributed by atoms with Crippen molar-refractivity contribution in [1.29, 1.82) is 0 Å². The lowest BCUT2D eigenvalue weighted by Gasteiger charge is -2.38. The van der Waals surface area contributed by atoms with Crippen molar-refractivity contribution in [3.05, 3.63) is 101 Å². The van der Waals surface area contributed by atoms with Crippen LogP contribution in [0.15, 0.2) is 72.8 Å². The molecule has 3 aromatic carbocycles. The molecule has 0 spiro atoms. The highest BCUT2D eigenvalue weighted by atomic mass is 19.1. The van der Waals surface area contributed by atoms with E-state index in [-0.39, 0.29) is 23.6 Å². The molecule has 1 aliphatic rings. The van der Waals surface area contributed by atoms with Gasteiger partial charge in [0.1, 0.15) is 17.3 Å². The van der Waals surface area contributed by atoms with E-state index in [2.05, 4.69) is 15.3 Å². The van der Waals surface area contributed by atoms with E-state index in [1.165, 1.54) is 24.3 Å². The van der Waals surface area contributed by atoms with Crippen LogP contribution in [-0.4, -0.2) is 40.2 Å². The predicted molar refractivity (Wildman–Crippen MR) is 137 cm³/mol. The second-order valence-corrected chi connectivity index (χ2v) is 9.58. The number of aryl methyl sites for hydroxylation is 1. The molecule has 2 heterocycles. The Morgan fingerprint density at radius 2 is 1.61 bits per heavy atom. The molecule has 0 bridgehead atoms. The smallest absolute Gasteiger partial charge is 0.270 e. The zero-order chi connectivity index (χ0) is 25.1. The summed E-state index contributed by atoms with van der Waals surface area (Å²) in [6.07, 6.45) is 2.63. The minimum Gasteiger partial charge on any atom is -0.350 e. The lowest BCUT2D eigenvalue weighted by Crippen LogP contribution is -2.41. The first-order valence-corrected chi connectivity index (χ1v) is 12.4. The van der Waals surface area contributed by atoms with Crippen molar-refractivity contribution in [3.8, 4) is 0 Å². The quantitative estimate of drug-likeness (QED) is 0.385. The molecule has 0 aliphatic carbocycles. The number of nitrogens with zero attached hydrogens (tertiary/aromatic N) is 3. The molecule has 1 fully saturated rings. The Morgan fingerprint density at radius 1 is 0.972 bits per heavy atom. The van der Waals surface area contributed by atoms with Gasteiger partial charge in [0.15, 0.2) is 0 Å². The Bertz CT molecular complexity index is 1330. The summed E-state index contributed by atoms with van der Waals surface area (Å²) in [6.45, 7) is 2.36. The molecule has 1 saturated heterocycles. The summed E-state index contributed by atoms with van der Waals surface area (Å²) >= 11 is 0. The first-order chi connectivity index (χ1) is 17.5. The van der Waals surface area contributed by atoms with Crippen molar-refractivity contribution >= 4 is 16.8 Å². The Kier molecular flexibility index (Phi) is 7.09. The second kappa shape index (κ2) is 10.6. The van der Waals surface area contributed by atoms with Gasteiger partial charge in [-0.2, -0.15) is 5.10 Å². The zero-order valence-corrected chi connectivity index (χ0v) is 20.3. The molecule has 36 heavy (non-hydrogen) atoms. The monoisotopic (exact) mass is 488 g/mol. The number of benzene rings is 3. The molecule has 0 saturated carbocycles. The van der Waals surface area contributed by atoms with Crippen molar-refractivity contribution in [2.75, 3.05) is 19.6 Å². The van der Waals surface area contributed by atoms with Crippen LogP contribution in [0.3, 0.4) is 0 Å². The van der Waals surface area contributed by atoms with Crippen LogP contribution in [-0.2, 0) is 13.5 Å². The van der Waals surface area contributed by atoms with Crippen molar-refractivity contribution in [3.63, 3.8) is 0 Å². The summed E-state index contributed by atoms with van der Waals surface area (Å²) in [4.78, 5) is 15.4. The number of halogens is 2. The van der Waals surface area contributed by atoms with Crippen LogP contribution in [0.4, 0.5) is 8.78 Å². The molecule has 1 aromatic heterocycles. The molecule has 1 unspecified atom stereocenters. The number of amides is 1. The van der Waals surface area contributed by atoms with E-state index in [9.17, 15) is 13.6 Å². The Balaban J connectivity index is 1.22. The predicted octanol–water partition coefficient (Wildman–Crippen LogP) is 5.28. The first-order valence-electron chi connectivity index (χ1n) is 12.4. The number of aromatic nitrogens is 2. The highest BCUT2D eigenvalue weighted by molar-refractivity contribution is 6.04. The third-order valence-electron chi connectivity index (χ3n) is 7.19. The van der Waals surface area contributed by atoms with Gasteiger partial charge in [0.2, 0.25) is 0 Å². The maximum Gasteiger partial charge on any atom is 0.270 e. The summed E-state index contributed by atoms with van der Waals surface area (Å²) in [5.41, 5.74) is 3.49. The van der Waals surface area contributed by atoms with Crippen LogP contribution >= 0.6 is 0 Å². The Labute approximate surface area is 209 Å². The van der Waals surface area contributed by atoms with Crippen molar-refractivity contribution in [2.45, 2.75) is 25.3 Å². The summed E-state index contributed by atoms with van der Waals surface area (Å²) < 4.78 is 28.6. The van der Waals surface area contributed by atoms with Crippen LogP contribution in [0.25, 0.3) is 10.9 Å². The van der Waals surface area contributed by atoms with Gasteiger partial charge >= 0.3 is 0 Å². The highest BCUT2D eigenvalue weighted by Crippen LogP contribution is 2.30. The molecular formula is C29H30F2N4O. The molecule has 4 aromatic rings. The van der Waals surface area contributed by atoms with Crippen LogP contribution in [0.2, 0.25) is 0 Å². The largest absolute Gasteiger partial charge is 0.350 e. The Morgan fingerprint density at radius 3 is 2.31 bits per heavy atom. The van der Waals surface area contributed by atoms with Gasteiger partial charge in [-0.05, 0) is 79.7 Å². The zero-order valence-electron chi connectivity index (χ0n) is 20.3. The van der Waals surface area contributed by atoms with Gasteiger partial charge in [-0.1, -0.05) is 42.5 Å². The molecule has 1 N–H and O–H groups in total. The maximum atomic E-state index is 13.6. The number of hydrogen-bond donors (Lipinski definition) is 1. The van der Waals surface area contributed by atoms with Gasteiger partial charge in [-0.15, -0.1) is 0 Å². The number of fused-ring (bicyclic) bond motifs is 1. The number of carbonyl (C=O) groups is 1. The van der Waals surface area contributed by atoms with Gasteiger partial charge < -0.3 is 5.32 Å². The summed E-state index contributed by atoms with van der Waals surface area (Å²) in [5, 5.41) is 8.41. The third kappa shape index (κ3) is 5.31. The first kappa shape index (κ1) is 24.1. The molecular weight excluding hydrogens is 458 g/mol. The van der Waals surface area contributed by atoms with Gasteiger partial charge in [-0.25, -0.2) is 8.78 Å². The minimum absolute atomic E-state index is 0.0763. The van der Waals surface area contributed by atoms with E-state index in [1.54, 1.807) is 11.7 Å². The van der Waals surface area contributed by atoms with E-state index in [4.69, 9.17) is 0 Å². The van der Waals surface area contributed by atoms with E-state index in [0.717, 1.165) is 54.4 Å². The van der Waals surface area contributed by atoms with Crippen molar-refractivity contribution in [1.82, 2.24) is 20.0 Å². The molecule has 1 aliphatic heterocycles. The number of carbonyl (C=O) groups excluding carboxylic acids is 1. The molecule has 5 rings (SSSR count). The minimum atomic E-state index is -0.255. The van der Waals surface area contributed by atoms with E-state index in [1.807, 2.05) is 48.5 Å². The van der Waals surface area contributed by atoms with E-state index < -0.39 is 0 Å². The maximum absolute atomic E-state index is 13.6. The average Bonchev–Trinajstić information content (AvgIpc) is 3.24. The van der Waals surface area contributed by atoms with Crippen LogP contribution in [0, 0.1) is 17.6 Å². The molecule has 186 valence electrons. The lowest BCUT2D eigenvalue weighted by atomic mass is 9.91. The second-order valence-electron chi connectivity index (χ2n) is 9.58. The summed E-state index contributed by atoms with van der Waals surface area (Å²) in [6, 6.07) is 21.0. The van der Waals surface area contributed by atoms with Gasteiger partial charge in [0.25, 0.3) is 5.91 Å². The molecule has 5 nitrogen and oxygen atoms in total. The number of piperidine rings is 1. The fourth-order valence-electron chi connectivity index (χ4n) is 5.19. The SMILES string of the molecule is Cn1nc2ccccc2c1C(=O)NCC1CCN(C(Cc2ccc(F)cc2)c2ccc(F)cc2)CC1. The van der Waals surface area contributed by atoms with E-state index >= 15 is 0 Å². The molecule has 1 atom stereocenters. The van der Waals surface area contributed by atoms with Gasteiger partial charge in [0.05, 0.1) is 5.52 Å². The van der Waals surface area contributed by atoms with E-state index in [0.29, 0.717) is 18.2 Å². The van der Waals surface area contributed by atoms with Crippen molar-refractivity contribution in [2.24, 2.45) is 13.0 Å².